The van der Waals surface area contributed by atoms with E-state index in [0.29, 0.717) is 10.8 Å². The average molecular weight is 545 g/mol. The topological polar surface area (TPSA) is 0 Å². The Balaban J connectivity index is 0. The Labute approximate surface area is 240 Å². The summed E-state index contributed by atoms with van der Waals surface area (Å²) in [6.07, 6.45) is 5.69. The zero-order chi connectivity index (χ0) is 29.0. The molecule has 8 atom stereocenters. The van der Waals surface area contributed by atoms with Gasteiger partial charge < -0.3 is 0 Å². The van der Waals surface area contributed by atoms with Crippen LogP contribution in [0.4, 0.5) is 0 Å². The molecule has 2 heterocycles. The van der Waals surface area contributed by atoms with Crippen molar-refractivity contribution in [2.45, 2.75) is 171 Å². The molecule has 0 nitrogen and oxygen atoms in total. The lowest BCUT2D eigenvalue weighted by Gasteiger charge is -2.33. The maximum Gasteiger partial charge on any atom is 0.0101 e. The summed E-state index contributed by atoms with van der Waals surface area (Å²) >= 11 is 4.49. The van der Waals surface area contributed by atoms with Gasteiger partial charge >= 0.3 is 0 Å². The number of hydrogen-bond acceptors (Lipinski definition) is 2. The SMILES string of the molecule is CC.CC.CC1C[C@@H](C(C)C)C[C@H](C(C)(C)C)SC1C.CC1C[C@@H](C(C)C)C[C@H](C(C)(C)C)SC1C. The van der Waals surface area contributed by atoms with Gasteiger partial charge in [-0.2, -0.15) is 23.5 Å². The Kier molecular flexibility index (Phi) is 19.6. The van der Waals surface area contributed by atoms with Crippen molar-refractivity contribution < 1.29 is 0 Å². The fourth-order valence-electron chi connectivity index (χ4n) is 5.18. The van der Waals surface area contributed by atoms with E-state index in [-0.39, 0.29) is 0 Å². The summed E-state index contributed by atoms with van der Waals surface area (Å²) in [5.74, 6) is 5.30. The molecule has 36 heavy (non-hydrogen) atoms. The van der Waals surface area contributed by atoms with Crippen molar-refractivity contribution in [3.8, 4) is 0 Å². The molecule has 0 saturated carbocycles. The molecule has 2 aliphatic rings. The fraction of sp³-hybridized carbons (Fsp3) is 1.00. The highest BCUT2D eigenvalue weighted by Crippen LogP contribution is 2.46. The quantitative estimate of drug-likeness (QED) is 0.339. The smallest absolute Gasteiger partial charge is 0.0101 e. The molecule has 2 aliphatic heterocycles. The first kappa shape index (κ1) is 38.8. The van der Waals surface area contributed by atoms with E-state index in [4.69, 9.17) is 0 Å². The predicted octanol–water partition coefficient (Wildman–Crippen LogP) is 12.5. The maximum atomic E-state index is 2.44. The van der Waals surface area contributed by atoms with Crippen LogP contribution < -0.4 is 0 Å². The maximum absolute atomic E-state index is 2.44. The van der Waals surface area contributed by atoms with Crippen LogP contribution in [0, 0.1) is 46.3 Å². The minimum absolute atomic E-state index is 0.454. The highest BCUT2D eigenvalue weighted by molar-refractivity contribution is 8.00. The van der Waals surface area contributed by atoms with E-state index in [0.717, 1.165) is 56.5 Å². The summed E-state index contributed by atoms with van der Waals surface area (Å²) < 4.78 is 0. The van der Waals surface area contributed by atoms with Gasteiger partial charge in [0.15, 0.2) is 0 Å². The minimum atomic E-state index is 0.454. The molecule has 0 aliphatic carbocycles. The largest absolute Gasteiger partial charge is 0.155 e. The molecule has 0 bridgehead atoms. The molecule has 0 aromatic rings. The van der Waals surface area contributed by atoms with E-state index >= 15 is 0 Å². The first-order chi connectivity index (χ1) is 16.4. The molecule has 2 fully saturated rings. The lowest BCUT2D eigenvalue weighted by Crippen LogP contribution is -2.27. The Morgan fingerprint density at radius 2 is 0.750 bits per heavy atom. The molecule has 0 aromatic carbocycles. The fourth-order valence-corrected chi connectivity index (χ4v) is 8.51. The second kappa shape index (κ2) is 18.1. The lowest BCUT2D eigenvalue weighted by atomic mass is 9.78. The predicted molar refractivity (Wildman–Crippen MR) is 177 cm³/mol. The van der Waals surface area contributed by atoms with Crippen LogP contribution in [0.3, 0.4) is 0 Å². The molecule has 2 saturated heterocycles. The van der Waals surface area contributed by atoms with Crippen LogP contribution in [-0.2, 0) is 0 Å². The van der Waals surface area contributed by atoms with Crippen molar-refractivity contribution >= 4 is 23.5 Å². The molecule has 2 rings (SSSR count). The van der Waals surface area contributed by atoms with Crippen LogP contribution in [-0.4, -0.2) is 21.0 Å². The molecule has 2 heteroatoms. The summed E-state index contributed by atoms with van der Waals surface area (Å²) in [7, 11) is 0. The third kappa shape index (κ3) is 14.2. The summed E-state index contributed by atoms with van der Waals surface area (Å²) in [4.78, 5) is 0. The van der Waals surface area contributed by atoms with Gasteiger partial charge in [-0.15, -0.1) is 0 Å². The van der Waals surface area contributed by atoms with Crippen LogP contribution in [0.2, 0.25) is 0 Å². The lowest BCUT2D eigenvalue weighted by molar-refractivity contribution is 0.260. The van der Waals surface area contributed by atoms with E-state index in [2.05, 4.69) is 120 Å². The van der Waals surface area contributed by atoms with Gasteiger partial charge in [-0.05, 0) is 72.0 Å². The summed E-state index contributed by atoms with van der Waals surface area (Å²) in [5, 5.41) is 3.32. The van der Waals surface area contributed by atoms with Crippen LogP contribution in [0.25, 0.3) is 0 Å². The molecule has 0 radical (unpaired) electrons. The zero-order valence-corrected chi connectivity index (χ0v) is 30.1. The standard InChI is InChI=1S/2C15H30S.2C2H6/c2*1-10(2)13-8-11(3)12(4)16-14(9-13)15(5,6)7;2*1-2/h2*10-14H,8-9H2,1-7H3;2*1-2H3/t2*11?,12?,13-,14-;;/m11../s1. The van der Waals surface area contributed by atoms with Gasteiger partial charge in [-0.1, -0.05) is 125 Å². The summed E-state index contributed by atoms with van der Waals surface area (Å²) in [5.41, 5.74) is 0.909. The Hall–Kier alpha value is 0.700. The van der Waals surface area contributed by atoms with Gasteiger partial charge in [0.2, 0.25) is 0 Å². The zero-order valence-electron chi connectivity index (χ0n) is 28.4. The van der Waals surface area contributed by atoms with Gasteiger partial charge in [0.1, 0.15) is 0 Å². The van der Waals surface area contributed by atoms with E-state index in [1.54, 1.807) is 0 Å². The normalized spacial score (nSPS) is 33.7. The first-order valence-corrected chi connectivity index (χ1v) is 17.6. The van der Waals surface area contributed by atoms with Crippen molar-refractivity contribution in [3.05, 3.63) is 0 Å². The van der Waals surface area contributed by atoms with Gasteiger partial charge in [0.25, 0.3) is 0 Å². The van der Waals surface area contributed by atoms with Crippen LogP contribution >= 0.6 is 23.5 Å². The Morgan fingerprint density at radius 3 is 0.944 bits per heavy atom. The van der Waals surface area contributed by atoms with E-state index in [1.165, 1.54) is 25.7 Å². The second-order valence-corrected chi connectivity index (χ2v) is 17.5. The molecule has 4 unspecified atom stereocenters. The third-order valence-electron chi connectivity index (χ3n) is 8.56. The van der Waals surface area contributed by atoms with Crippen molar-refractivity contribution in [1.82, 2.24) is 0 Å². The van der Waals surface area contributed by atoms with E-state index in [1.807, 2.05) is 27.7 Å². The average Bonchev–Trinajstić information content (AvgIpc) is 3.03. The van der Waals surface area contributed by atoms with Gasteiger partial charge in [-0.3, -0.25) is 0 Å². The third-order valence-corrected chi connectivity index (χ3v) is 12.8. The van der Waals surface area contributed by atoms with Crippen molar-refractivity contribution in [3.63, 3.8) is 0 Å². The number of hydrogen-bond donors (Lipinski definition) is 0. The first-order valence-electron chi connectivity index (χ1n) is 15.7. The molecular formula is C34H72S2. The van der Waals surface area contributed by atoms with Gasteiger partial charge in [0.05, 0.1) is 0 Å². The molecule has 0 aromatic heterocycles. The van der Waals surface area contributed by atoms with Crippen molar-refractivity contribution in [1.29, 1.82) is 0 Å². The van der Waals surface area contributed by atoms with Gasteiger partial charge in [-0.25, -0.2) is 0 Å². The van der Waals surface area contributed by atoms with Crippen LogP contribution in [0.1, 0.15) is 150 Å². The van der Waals surface area contributed by atoms with E-state index < -0.39 is 0 Å². The monoisotopic (exact) mass is 545 g/mol. The number of thioether (sulfide) groups is 2. The highest BCUT2D eigenvalue weighted by atomic mass is 32.2. The second-order valence-electron chi connectivity index (χ2n) is 14.3. The van der Waals surface area contributed by atoms with Crippen LogP contribution in [0.15, 0.2) is 0 Å². The summed E-state index contributed by atoms with van der Waals surface area (Å²) in [6.45, 7) is 41.8. The van der Waals surface area contributed by atoms with Crippen molar-refractivity contribution in [2.24, 2.45) is 46.3 Å². The highest BCUT2D eigenvalue weighted by Gasteiger charge is 2.36. The summed E-state index contributed by atoms with van der Waals surface area (Å²) in [6, 6.07) is 0. The van der Waals surface area contributed by atoms with E-state index in [9.17, 15) is 0 Å². The molecular weight excluding hydrogens is 473 g/mol. The molecule has 0 amide bonds. The molecule has 220 valence electrons. The van der Waals surface area contributed by atoms with Gasteiger partial charge in [0, 0.05) is 21.0 Å². The minimum Gasteiger partial charge on any atom is -0.155 e. The Morgan fingerprint density at radius 1 is 0.500 bits per heavy atom. The van der Waals surface area contributed by atoms with Crippen molar-refractivity contribution in [2.75, 3.05) is 0 Å². The Bertz CT molecular complexity index is 476. The molecule has 0 N–H and O–H groups in total. The van der Waals surface area contributed by atoms with Crippen LogP contribution in [0.5, 0.6) is 0 Å². The molecule has 0 spiro atoms. The number of rotatable bonds is 2.